The van der Waals surface area contributed by atoms with Crippen LogP contribution in [0.5, 0.6) is 0 Å². The number of aryl methyl sites for hydroxylation is 1. The zero-order valence-electron chi connectivity index (χ0n) is 14.1. The van der Waals surface area contributed by atoms with Crippen molar-refractivity contribution in [2.24, 2.45) is 0 Å². The monoisotopic (exact) mass is 391 g/mol. The van der Waals surface area contributed by atoms with Crippen LogP contribution >= 0.6 is 0 Å². The molecule has 0 aliphatic carbocycles. The summed E-state index contributed by atoms with van der Waals surface area (Å²) in [5, 5.41) is 2.17. The molecule has 2 aromatic carbocycles. The van der Waals surface area contributed by atoms with Crippen molar-refractivity contribution >= 4 is 11.6 Å². The van der Waals surface area contributed by atoms with E-state index in [9.17, 15) is 0 Å². The second-order valence-electron chi connectivity index (χ2n) is 5.81. The molecule has 4 nitrogen and oxygen atoms in total. The van der Waals surface area contributed by atoms with Crippen molar-refractivity contribution in [1.82, 2.24) is 9.66 Å². The van der Waals surface area contributed by atoms with Crippen LogP contribution in [0.15, 0.2) is 48.8 Å². The van der Waals surface area contributed by atoms with Gasteiger partial charge in [0.15, 0.2) is 0 Å². The van der Waals surface area contributed by atoms with E-state index in [-0.39, 0.29) is 38.9 Å². The smallest absolute Gasteiger partial charge is 0.222 e. The van der Waals surface area contributed by atoms with Crippen LogP contribution in [0.1, 0.15) is 12.5 Å². The summed E-state index contributed by atoms with van der Waals surface area (Å²) in [6.45, 7) is 4.27. The van der Waals surface area contributed by atoms with Gasteiger partial charge in [-0.1, -0.05) is 6.92 Å². The standard InChI is InChI=1S/C19H18N4.Y/c1-14-13-17(16-7-5-4-6-8-16)9-10-18(14)23-15(2)21(3)22-12-11-20-19(22)23;/h4-7,9-12,15H,1-3H3;/q-2;/t15-;/m0./s1. The van der Waals surface area contributed by atoms with Crippen LogP contribution in [0.25, 0.3) is 11.1 Å². The molecule has 1 aliphatic rings. The summed E-state index contributed by atoms with van der Waals surface area (Å²) in [6, 6.07) is 19.0. The molecule has 0 bridgehead atoms. The van der Waals surface area contributed by atoms with Crippen LogP contribution in [-0.2, 0) is 32.7 Å². The molecule has 4 rings (SSSR count). The molecule has 0 saturated heterocycles. The molecule has 3 aromatic rings. The summed E-state index contributed by atoms with van der Waals surface area (Å²) < 4.78 is 2.07. The van der Waals surface area contributed by atoms with Gasteiger partial charge in [0.2, 0.25) is 5.95 Å². The molecule has 1 aliphatic heterocycles. The fourth-order valence-corrected chi connectivity index (χ4v) is 3.11. The van der Waals surface area contributed by atoms with Gasteiger partial charge in [-0.05, 0) is 12.6 Å². The third-order valence-corrected chi connectivity index (χ3v) is 4.45. The number of rotatable bonds is 2. The van der Waals surface area contributed by atoms with E-state index in [4.69, 9.17) is 0 Å². The summed E-state index contributed by atoms with van der Waals surface area (Å²) in [5.41, 5.74) is 4.37. The van der Waals surface area contributed by atoms with Crippen LogP contribution in [-0.4, -0.2) is 22.9 Å². The topological polar surface area (TPSA) is 24.3 Å². The number of fused-ring (bicyclic) bond motifs is 1. The quantitative estimate of drug-likeness (QED) is 0.625. The molecule has 119 valence electrons. The summed E-state index contributed by atoms with van der Waals surface area (Å²) in [5.74, 6) is 0.940. The number of benzene rings is 2. The fourth-order valence-electron chi connectivity index (χ4n) is 3.11. The van der Waals surface area contributed by atoms with E-state index >= 15 is 0 Å². The largest absolute Gasteiger partial charge is 0.330 e. The molecule has 0 saturated carbocycles. The SMILES string of the molecule is Cc1[c-]c(-c2[c-]cccc2)ccc1N1c2nccn2N(C)[C@@H]1C.[Y]. The fraction of sp³-hybridized carbons (Fsp3) is 0.211. The van der Waals surface area contributed by atoms with Gasteiger partial charge in [0.1, 0.15) is 6.17 Å². The second-order valence-corrected chi connectivity index (χ2v) is 5.81. The van der Waals surface area contributed by atoms with E-state index in [1.54, 1.807) is 0 Å². The van der Waals surface area contributed by atoms with E-state index in [0.717, 1.165) is 28.3 Å². The Morgan fingerprint density at radius 3 is 2.67 bits per heavy atom. The number of hydrogen-bond acceptors (Lipinski definition) is 3. The molecule has 0 N–H and O–H groups in total. The molecule has 0 fully saturated rings. The molecule has 1 atom stereocenters. The average Bonchev–Trinajstić information content (AvgIpc) is 3.13. The minimum absolute atomic E-state index is 0. The van der Waals surface area contributed by atoms with E-state index in [2.05, 4.69) is 70.8 Å². The summed E-state index contributed by atoms with van der Waals surface area (Å²) in [6.07, 6.45) is 4.02. The van der Waals surface area contributed by atoms with Crippen molar-refractivity contribution in [3.05, 3.63) is 66.5 Å². The van der Waals surface area contributed by atoms with Gasteiger partial charge in [0.05, 0.1) is 0 Å². The van der Waals surface area contributed by atoms with E-state index in [1.807, 2.05) is 30.6 Å². The van der Waals surface area contributed by atoms with Gasteiger partial charge in [-0.15, -0.1) is 17.7 Å². The molecular formula is C19H18N4Y-2. The molecule has 24 heavy (non-hydrogen) atoms. The first-order valence-corrected chi connectivity index (χ1v) is 7.72. The van der Waals surface area contributed by atoms with Crippen molar-refractivity contribution in [2.45, 2.75) is 20.0 Å². The van der Waals surface area contributed by atoms with Gasteiger partial charge in [0, 0.05) is 52.2 Å². The molecule has 0 unspecified atom stereocenters. The third kappa shape index (κ3) is 2.68. The first-order valence-electron chi connectivity index (χ1n) is 7.72. The van der Waals surface area contributed by atoms with Gasteiger partial charge in [-0.3, -0.25) is 5.01 Å². The number of hydrogen-bond donors (Lipinski definition) is 0. The molecule has 5 heteroatoms. The first kappa shape index (κ1) is 17.2. The van der Waals surface area contributed by atoms with Crippen LogP contribution < -0.4 is 9.91 Å². The number of aromatic nitrogens is 2. The maximum Gasteiger partial charge on any atom is 0.222 e. The Morgan fingerprint density at radius 2 is 1.96 bits per heavy atom. The van der Waals surface area contributed by atoms with Crippen molar-refractivity contribution in [3.8, 4) is 11.1 Å². The Kier molecular flexibility index (Phi) is 4.79. The Bertz CT molecular complexity index is 844. The predicted octanol–water partition coefficient (Wildman–Crippen LogP) is 3.52. The van der Waals surface area contributed by atoms with E-state index < -0.39 is 0 Å². The van der Waals surface area contributed by atoms with E-state index in [1.165, 1.54) is 0 Å². The maximum absolute atomic E-state index is 4.50. The minimum atomic E-state index is 0. The Hall–Kier alpha value is -1.65. The molecule has 0 amide bonds. The van der Waals surface area contributed by atoms with Gasteiger partial charge < -0.3 is 4.90 Å². The zero-order chi connectivity index (χ0) is 16.0. The van der Waals surface area contributed by atoms with Crippen LogP contribution in [0.3, 0.4) is 0 Å². The minimum Gasteiger partial charge on any atom is -0.330 e. The van der Waals surface area contributed by atoms with Crippen LogP contribution in [0.4, 0.5) is 11.6 Å². The van der Waals surface area contributed by atoms with Crippen molar-refractivity contribution in [1.29, 1.82) is 0 Å². The number of nitrogens with zero attached hydrogens (tertiary/aromatic N) is 4. The third-order valence-electron chi connectivity index (χ3n) is 4.45. The number of imidazole rings is 1. The van der Waals surface area contributed by atoms with Gasteiger partial charge in [0.25, 0.3) is 0 Å². The molecule has 2 heterocycles. The average molecular weight is 391 g/mol. The normalized spacial score (nSPS) is 16.0. The van der Waals surface area contributed by atoms with Crippen molar-refractivity contribution < 1.29 is 32.7 Å². The zero-order valence-corrected chi connectivity index (χ0v) is 16.9. The van der Waals surface area contributed by atoms with Gasteiger partial charge in [-0.2, -0.15) is 36.4 Å². The van der Waals surface area contributed by atoms with Crippen LogP contribution in [0.2, 0.25) is 0 Å². The molecular weight excluding hydrogens is 373 g/mol. The molecule has 1 radical (unpaired) electrons. The number of anilines is 2. The maximum atomic E-state index is 4.50. The summed E-state index contributed by atoms with van der Waals surface area (Å²) in [4.78, 5) is 6.74. The predicted molar refractivity (Wildman–Crippen MR) is 92.3 cm³/mol. The Balaban J connectivity index is 0.00000169. The molecule has 0 spiro atoms. The second kappa shape index (κ2) is 6.69. The van der Waals surface area contributed by atoms with Crippen molar-refractivity contribution in [2.75, 3.05) is 17.0 Å². The van der Waals surface area contributed by atoms with Gasteiger partial charge >= 0.3 is 0 Å². The first-order chi connectivity index (χ1) is 11.2. The molecule has 1 aromatic heterocycles. The summed E-state index contributed by atoms with van der Waals surface area (Å²) >= 11 is 0. The van der Waals surface area contributed by atoms with Crippen molar-refractivity contribution in [3.63, 3.8) is 0 Å². The van der Waals surface area contributed by atoms with Crippen LogP contribution in [0, 0.1) is 19.1 Å². The Labute approximate surface area is 168 Å². The van der Waals surface area contributed by atoms with E-state index in [0.29, 0.717) is 0 Å². The van der Waals surface area contributed by atoms with Gasteiger partial charge in [-0.25, -0.2) is 20.8 Å². The summed E-state index contributed by atoms with van der Waals surface area (Å²) in [7, 11) is 2.07. The Morgan fingerprint density at radius 1 is 1.12 bits per heavy atom.